The molecule has 0 aliphatic heterocycles. The van der Waals surface area contributed by atoms with Gasteiger partial charge in [-0.15, -0.1) is 0 Å². The van der Waals surface area contributed by atoms with Crippen LogP contribution in [0.25, 0.3) is 0 Å². The maximum Gasteiger partial charge on any atom is 0.0496 e. The summed E-state index contributed by atoms with van der Waals surface area (Å²) in [4.78, 5) is 0. The Morgan fingerprint density at radius 2 is 2.00 bits per heavy atom. The predicted molar refractivity (Wildman–Crippen MR) is 73.2 cm³/mol. The van der Waals surface area contributed by atoms with Gasteiger partial charge in [0.2, 0.25) is 0 Å². The van der Waals surface area contributed by atoms with Gasteiger partial charge in [-0.1, -0.05) is 38.1 Å². The number of aryl methyl sites for hydroxylation is 1. The van der Waals surface area contributed by atoms with Crippen LogP contribution in [0.15, 0.2) is 24.3 Å². The van der Waals surface area contributed by atoms with E-state index >= 15 is 0 Å². The largest absolute Gasteiger partial charge is 0.396 e. The number of hydrogen-bond acceptors (Lipinski definition) is 2. The quantitative estimate of drug-likeness (QED) is 0.712. The van der Waals surface area contributed by atoms with Crippen LogP contribution in [0.1, 0.15) is 31.4 Å². The van der Waals surface area contributed by atoms with Crippen molar-refractivity contribution in [1.82, 2.24) is 5.32 Å². The summed E-state index contributed by atoms with van der Waals surface area (Å²) in [5, 5.41) is 12.7. The number of hydrogen-bond donors (Lipinski definition) is 2. The number of aliphatic hydroxyl groups excluding tert-OH is 1. The fourth-order valence-electron chi connectivity index (χ4n) is 1.80. The molecule has 1 aromatic carbocycles. The van der Waals surface area contributed by atoms with Crippen LogP contribution in [0.3, 0.4) is 0 Å². The fourth-order valence-corrected chi connectivity index (χ4v) is 1.80. The second-order valence-electron chi connectivity index (χ2n) is 5.18. The van der Waals surface area contributed by atoms with Gasteiger partial charge in [0.15, 0.2) is 0 Å². The average Bonchev–Trinajstić information content (AvgIpc) is 2.36. The van der Waals surface area contributed by atoms with E-state index in [1.165, 1.54) is 11.1 Å². The van der Waals surface area contributed by atoms with Gasteiger partial charge in [-0.05, 0) is 37.4 Å². The zero-order valence-electron chi connectivity index (χ0n) is 11.3. The molecule has 1 atom stereocenters. The minimum atomic E-state index is 0.0196. The van der Waals surface area contributed by atoms with E-state index < -0.39 is 0 Å². The lowest BCUT2D eigenvalue weighted by Gasteiger charge is -2.26. The summed E-state index contributed by atoms with van der Waals surface area (Å²) in [6.07, 6.45) is 2.05. The second-order valence-corrected chi connectivity index (χ2v) is 5.18. The third-order valence-electron chi connectivity index (χ3n) is 3.62. The Hall–Kier alpha value is -0.860. The topological polar surface area (TPSA) is 32.3 Å². The Balaban J connectivity index is 2.32. The second kappa shape index (κ2) is 6.77. The molecule has 96 valence electrons. The first-order valence-electron chi connectivity index (χ1n) is 6.47. The molecule has 0 radical (unpaired) electrons. The zero-order valence-corrected chi connectivity index (χ0v) is 11.3. The Morgan fingerprint density at radius 1 is 1.29 bits per heavy atom. The van der Waals surface area contributed by atoms with E-state index in [2.05, 4.69) is 50.4 Å². The van der Waals surface area contributed by atoms with Crippen molar-refractivity contribution < 1.29 is 5.11 Å². The maximum atomic E-state index is 9.31. The summed E-state index contributed by atoms with van der Waals surface area (Å²) in [5.74, 6) is 0. The smallest absolute Gasteiger partial charge is 0.0496 e. The molecule has 2 heteroatoms. The van der Waals surface area contributed by atoms with E-state index in [9.17, 15) is 5.11 Å². The van der Waals surface area contributed by atoms with Gasteiger partial charge in [0, 0.05) is 18.6 Å². The summed E-state index contributed by atoms with van der Waals surface area (Å²) in [6.45, 7) is 8.50. The van der Waals surface area contributed by atoms with E-state index in [0.717, 1.165) is 25.9 Å². The highest BCUT2D eigenvalue weighted by atomic mass is 16.3. The van der Waals surface area contributed by atoms with Crippen molar-refractivity contribution in [3.63, 3.8) is 0 Å². The molecule has 0 fully saturated rings. The van der Waals surface area contributed by atoms with Crippen molar-refractivity contribution in [1.29, 1.82) is 0 Å². The first-order chi connectivity index (χ1) is 8.11. The Bertz CT molecular complexity index is 331. The van der Waals surface area contributed by atoms with Crippen LogP contribution in [0.4, 0.5) is 0 Å². The highest BCUT2D eigenvalue weighted by molar-refractivity contribution is 5.25. The van der Waals surface area contributed by atoms with Crippen LogP contribution < -0.4 is 5.32 Å². The van der Waals surface area contributed by atoms with Crippen LogP contribution in [-0.4, -0.2) is 24.8 Å². The highest BCUT2D eigenvalue weighted by Gasteiger charge is 2.19. The van der Waals surface area contributed by atoms with Gasteiger partial charge < -0.3 is 10.4 Å². The molecule has 0 spiro atoms. The van der Waals surface area contributed by atoms with Crippen molar-refractivity contribution in [2.45, 2.75) is 33.6 Å². The van der Waals surface area contributed by atoms with Crippen LogP contribution in [0.5, 0.6) is 0 Å². The molecule has 0 heterocycles. The zero-order chi connectivity index (χ0) is 12.7. The van der Waals surface area contributed by atoms with Crippen molar-refractivity contribution in [2.24, 2.45) is 5.41 Å². The number of rotatable bonds is 7. The number of benzene rings is 1. The van der Waals surface area contributed by atoms with Gasteiger partial charge in [0.1, 0.15) is 0 Å². The Morgan fingerprint density at radius 3 is 2.59 bits per heavy atom. The van der Waals surface area contributed by atoms with E-state index in [-0.39, 0.29) is 12.0 Å². The third kappa shape index (κ3) is 4.49. The fraction of sp³-hybridized carbons (Fsp3) is 0.600. The van der Waals surface area contributed by atoms with Crippen LogP contribution in [-0.2, 0) is 6.42 Å². The van der Waals surface area contributed by atoms with E-state index in [4.69, 9.17) is 0 Å². The minimum absolute atomic E-state index is 0.0196. The van der Waals surface area contributed by atoms with Crippen LogP contribution in [0.2, 0.25) is 0 Å². The summed E-state index contributed by atoms with van der Waals surface area (Å²) in [6, 6.07) is 8.50. The molecule has 0 saturated carbocycles. The Labute approximate surface area is 105 Å². The summed E-state index contributed by atoms with van der Waals surface area (Å²) < 4.78 is 0. The normalized spacial score (nSPS) is 14.6. The summed E-state index contributed by atoms with van der Waals surface area (Å²) in [5.41, 5.74) is 2.78. The first kappa shape index (κ1) is 14.2. The molecule has 1 rings (SSSR count). The molecule has 1 aromatic rings. The lowest BCUT2D eigenvalue weighted by Crippen LogP contribution is -2.35. The van der Waals surface area contributed by atoms with E-state index in [0.29, 0.717) is 0 Å². The number of aliphatic hydroxyl groups is 1. The van der Waals surface area contributed by atoms with Crippen molar-refractivity contribution in [2.75, 3.05) is 19.7 Å². The molecule has 0 aliphatic rings. The summed E-state index contributed by atoms with van der Waals surface area (Å²) >= 11 is 0. The van der Waals surface area contributed by atoms with Gasteiger partial charge >= 0.3 is 0 Å². The molecule has 17 heavy (non-hydrogen) atoms. The van der Waals surface area contributed by atoms with E-state index in [1.54, 1.807) is 0 Å². The molecule has 0 aromatic heterocycles. The molecule has 2 nitrogen and oxygen atoms in total. The van der Waals surface area contributed by atoms with Gasteiger partial charge in [0.25, 0.3) is 0 Å². The highest BCUT2D eigenvalue weighted by Crippen LogP contribution is 2.18. The van der Waals surface area contributed by atoms with Gasteiger partial charge in [0.05, 0.1) is 0 Å². The third-order valence-corrected chi connectivity index (χ3v) is 3.62. The van der Waals surface area contributed by atoms with Crippen molar-refractivity contribution >= 4 is 0 Å². The number of nitrogens with one attached hydrogen (secondary N) is 1. The predicted octanol–water partition coefficient (Wildman–Crippen LogP) is 2.54. The lowest BCUT2D eigenvalue weighted by atomic mass is 9.88. The Kier molecular flexibility index (Phi) is 5.66. The van der Waals surface area contributed by atoms with Gasteiger partial charge in [-0.2, -0.15) is 0 Å². The van der Waals surface area contributed by atoms with Crippen molar-refractivity contribution in [3.05, 3.63) is 35.4 Å². The monoisotopic (exact) mass is 235 g/mol. The molecule has 1 unspecified atom stereocenters. The van der Waals surface area contributed by atoms with Crippen LogP contribution in [0, 0.1) is 12.3 Å². The SMILES string of the molecule is CCC(C)(CO)CNCCc1ccccc1C. The van der Waals surface area contributed by atoms with Gasteiger partial charge in [-0.3, -0.25) is 0 Å². The minimum Gasteiger partial charge on any atom is -0.396 e. The molecular formula is C15H25NO. The molecule has 0 amide bonds. The molecule has 0 saturated heterocycles. The molecule has 2 N–H and O–H groups in total. The molecule has 0 bridgehead atoms. The van der Waals surface area contributed by atoms with Gasteiger partial charge in [-0.25, -0.2) is 0 Å². The lowest BCUT2D eigenvalue weighted by molar-refractivity contribution is 0.136. The average molecular weight is 235 g/mol. The van der Waals surface area contributed by atoms with Crippen LogP contribution >= 0.6 is 0 Å². The first-order valence-corrected chi connectivity index (χ1v) is 6.47. The standard InChI is InChI=1S/C15H25NO/c1-4-15(3,12-17)11-16-10-9-14-8-6-5-7-13(14)2/h5-8,16-17H,4,9-12H2,1-3H3. The maximum absolute atomic E-state index is 9.31. The van der Waals surface area contributed by atoms with Crippen molar-refractivity contribution in [3.8, 4) is 0 Å². The molecule has 0 aliphatic carbocycles. The molecular weight excluding hydrogens is 210 g/mol. The summed E-state index contributed by atoms with van der Waals surface area (Å²) in [7, 11) is 0. The van der Waals surface area contributed by atoms with E-state index in [1.807, 2.05) is 0 Å².